The minimum absolute atomic E-state index is 0.432. The summed E-state index contributed by atoms with van der Waals surface area (Å²) in [7, 11) is 0. The van der Waals surface area contributed by atoms with Crippen LogP contribution in [-0.4, -0.2) is 18.4 Å². The van der Waals surface area contributed by atoms with Crippen LogP contribution in [0.2, 0.25) is 0 Å². The van der Waals surface area contributed by atoms with Gasteiger partial charge in [-0.05, 0) is 42.7 Å². The van der Waals surface area contributed by atoms with Crippen molar-refractivity contribution in [1.29, 1.82) is 0 Å². The van der Waals surface area contributed by atoms with E-state index in [-0.39, 0.29) is 0 Å². The molecule has 0 aliphatic heterocycles. The van der Waals surface area contributed by atoms with Crippen LogP contribution in [0.1, 0.15) is 30.8 Å². The molecule has 1 aliphatic carbocycles. The monoisotopic (exact) mass is 378 g/mol. The Hall–Kier alpha value is -3.03. The topological polar surface area (TPSA) is 71.3 Å². The van der Waals surface area contributed by atoms with E-state index in [9.17, 15) is 22.8 Å². The van der Waals surface area contributed by atoms with E-state index in [1.807, 2.05) is 6.07 Å². The van der Waals surface area contributed by atoms with Crippen molar-refractivity contribution in [2.45, 2.75) is 19.3 Å². The van der Waals surface area contributed by atoms with E-state index in [1.54, 1.807) is 6.07 Å². The summed E-state index contributed by atoms with van der Waals surface area (Å²) in [6.45, 7) is 1.66. The standard InChI is InChI=1S/C19H17F3N2O3/c1-10-8-12(10)15-6-2-11(27-15)3-7-16(25)23-9-17(26)24-14-5-4-13(20)18(21)19(14)22/h2-7,10,12H,8-9H2,1H3,(H,23,25)(H,24,26)/b7-3+. The zero-order valence-corrected chi connectivity index (χ0v) is 14.4. The SMILES string of the molecule is CC1CC1c1ccc(/C=C/C(=O)NCC(=O)Nc2ccc(F)c(F)c2F)o1. The molecule has 1 aromatic heterocycles. The average Bonchev–Trinajstić information content (AvgIpc) is 3.18. The van der Waals surface area contributed by atoms with Crippen molar-refractivity contribution >= 4 is 23.6 Å². The number of nitrogens with one attached hydrogen (secondary N) is 2. The fourth-order valence-corrected chi connectivity index (χ4v) is 2.58. The maximum Gasteiger partial charge on any atom is 0.244 e. The van der Waals surface area contributed by atoms with Gasteiger partial charge in [-0.2, -0.15) is 0 Å². The lowest BCUT2D eigenvalue weighted by Crippen LogP contribution is -2.32. The summed E-state index contributed by atoms with van der Waals surface area (Å²) in [5.41, 5.74) is -0.513. The molecule has 2 atom stereocenters. The van der Waals surface area contributed by atoms with Gasteiger partial charge in [0.15, 0.2) is 17.5 Å². The van der Waals surface area contributed by atoms with Gasteiger partial charge in [-0.1, -0.05) is 6.92 Å². The molecule has 1 aliphatic rings. The second kappa shape index (κ2) is 7.69. The molecule has 5 nitrogen and oxygen atoms in total. The number of amides is 2. The molecule has 0 bridgehead atoms. The highest BCUT2D eigenvalue weighted by Gasteiger charge is 2.36. The van der Waals surface area contributed by atoms with Crippen LogP contribution in [0.5, 0.6) is 0 Å². The number of carbonyl (C=O) groups is 2. The second-order valence-electron chi connectivity index (χ2n) is 6.38. The molecule has 2 amide bonds. The smallest absolute Gasteiger partial charge is 0.244 e. The lowest BCUT2D eigenvalue weighted by atomic mass is 10.2. The zero-order chi connectivity index (χ0) is 19.6. The van der Waals surface area contributed by atoms with E-state index in [1.165, 1.54) is 12.2 Å². The summed E-state index contributed by atoms with van der Waals surface area (Å²) >= 11 is 0. The number of rotatable bonds is 6. The average molecular weight is 378 g/mol. The Kier molecular flexibility index (Phi) is 5.34. The van der Waals surface area contributed by atoms with Gasteiger partial charge in [0.1, 0.15) is 11.5 Å². The molecule has 1 saturated carbocycles. The molecule has 1 fully saturated rings. The van der Waals surface area contributed by atoms with Crippen molar-refractivity contribution in [3.05, 3.63) is 59.3 Å². The minimum atomic E-state index is -1.68. The van der Waals surface area contributed by atoms with E-state index in [0.29, 0.717) is 23.7 Å². The number of carbonyl (C=O) groups excluding carboxylic acids is 2. The molecule has 8 heteroatoms. The maximum absolute atomic E-state index is 13.5. The molecule has 0 radical (unpaired) electrons. The van der Waals surface area contributed by atoms with Crippen LogP contribution in [0.4, 0.5) is 18.9 Å². The number of benzene rings is 1. The predicted molar refractivity (Wildman–Crippen MR) is 92.2 cm³/mol. The zero-order valence-electron chi connectivity index (χ0n) is 14.4. The van der Waals surface area contributed by atoms with Crippen molar-refractivity contribution in [3.8, 4) is 0 Å². The van der Waals surface area contributed by atoms with E-state index < -0.39 is 41.5 Å². The molecule has 142 valence electrons. The van der Waals surface area contributed by atoms with E-state index >= 15 is 0 Å². The second-order valence-corrected chi connectivity index (χ2v) is 6.38. The van der Waals surface area contributed by atoms with Gasteiger partial charge in [-0.25, -0.2) is 13.2 Å². The largest absolute Gasteiger partial charge is 0.461 e. The van der Waals surface area contributed by atoms with Gasteiger partial charge in [0.05, 0.1) is 12.2 Å². The van der Waals surface area contributed by atoms with Crippen LogP contribution in [0.25, 0.3) is 6.08 Å². The Labute approximate surface area is 153 Å². The molecule has 2 aromatic rings. The number of hydrogen-bond donors (Lipinski definition) is 2. The van der Waals surface area contributed by atoms with Crippen LogP contribution in [0.3, 0.4) is 0 Å². The maximum atomic E-state index is 13.5. The molecular formula is C19H17F3N2O3. The molecule has 27 heavy (non-hydrogen) atoms. The first-order chi connectivity index (χ1) is 12.8. The molecular weight excluding hydrogens is 361 g/mol. The van der Waals surface area contributed by atoms with E-state index in [4.69, 9.17) is 4.42 Å². The van der Waals surface area contributed by atoms with Gasteiger partial charge in [0, 0.05) is 12.0 Å². The summed E-state index contributed by atoms with van der Waals surface area (Å²) < 4.78 is 45.0. The third-order valence-corrected chi connectivity index (χ3v) is 4.25. The first-order valence-corrected chi connectivity index (χ1v) is 8.34. The highest BCUT2D eigenvalue weighted by atomic mass is 19.2. The lowest BCUT2D eigenvalue weighted by molar-refractivity contribution is -0.121. The quantitative estimate of drug-likeness (QED) is 0.596. The molecule has 2 N–H and O–H groups in total. The van der Waals surface area contributed by atoms with Crippen molar-refractivity contribution in [3.63, 3.8) is 0 Å². The van der Waals surface area contributed by atoms with Gasteiger partial charge in [-0.3, -0.25) is 9.59 Å². The van der Waals surface area contributed by atoms with Crippen LogP contribution in [-0.2, 0) is 9.59 Å². The molecule has 3 rings (SSSR count). The normalized spacial score (nSPS) is 18.5. The summed E-state index contributed by atoms with van der Waals surface area (Å²) in [5, 5.41) is 4.35. The van der Waals surface area contributed by atoms with Gasteiger partial charge >= 0.3 is 0 Å². The highest BCUT2D eigenvalue weighted by molar-refractivity contribution is 5.97. The van der Waals surface area contributed by atoms with Crippen molar-refractivity contribution in [2.24, 2.45) is 5.92 Å². The first-order valence-electron chi connectivity index (χ1n) is 8.34. The minimum Gasteiger partial charge on any atom is -0.461 e. The summed E-state index contributed by atoms with van der Waals surface area (Å²) in [6.07, 6.45) is 3.76. The Morgan fingerprint density at radius 2 is 1.93 bits per heavy atom. The highest BCUT2D eigenvalue weighted by Crippen LogP contribution is 2.47. The number of hydrogen-bond acceptors (Lipinski definition) is 3. The lowest BCUT2D eigenvalue weighted by Gasteiger charge is -2.07. The predicted octanol–water partition coefficient (Wildman–Crippen LogP) is 3.59. The molecule has 0 spiro atoms. The van der Waals surface area contributed by atoms with Crippen LogP contribution in [0.15, 0.2) is 34.8 Å². The summed E-state index contributed by atoms with van der Waals surface area (Å²) in [6, 6.07) is 5.20. The van der Waals surface area contributed by atoms with Gasteiger partial charge in [-0.15, -0.1) is 0 Å². The summed E-state index contributed by atoms with van der Waals surface area (Å²) in [5.74, 6) is -3.45. The van der Waals surface area contributed by atoms with Crippen LogP contribution >= 0.6 is 0 Å². The van der Waals surface area contributed by atoms with Crippen molar-refractivity contribution in [1.82, 2.24) is 5.32 Å². The third-order valence-electron chi connectivity index (χ3n) is 4.25. The summed E-state index contributed by atoms with van der Waals surface area (Å²) in [4.78, 5) is 23.4. The Balaban J connectivity index is 1.48. The van der Waals surface area contributed by atoms with E-state index in [0.717, 1.165) is 18.2 Å². The van der Waals surface area contributed by atoms with E-state index in [2.05, 4.69) is 17.6 Å². The first kappa shape index (κ1) is 18.8. The fourth-order valence-electron chi connectivity index (χ4n) is 2.58. The van der Waals surface area contributed by atoms with Gasteiger partial charge in [0.2, 0.25) is 11.8 Å². The van der Waals surface area contributed by atoms with Crippen molar-refractivity contribution < 1.29 is 27.2 Å². The Morgan fingerprint density at radius 1 is 1.19 bits per heavy atom. The Morgan fingerprint density at radius 3 is 2.63 bits per heavy atom. The van der Waals surface area contributed by atoms with Gasteiger partial charge in [0.25, 0.3) is 0 Å². The molecule has 2 unspecified atom stereocenters. The molecule has 1 heterocycles. The molecule has 0 saturated heterocycles. The fraction of sp³-hybridized carbons (Fsp3) is 0.263. The molecule has 1 aromatic carbocycles. The third kappa shape index (κ3) is 4.58. The Bertz CT molecular complexity index is 908. The van der Waals surface area contributed by atoms with Crippen LogP contribution in [0, 0.1) is 23.4 Å². The number of halogens is 3. The van der Waals surface area contributed by atoms with Crippen LogP contribution < -0.4 is 10.6 Å². The number of anilines is 1. The number of furan rings is 1. The van der Waals surface area contributed by atoms with Crippen molar-refractivity contribution in [2.75, 3.05) is 11.9 Å². The van der Waals surface area contributed by atoms with Gasteiger partial charge < -0.3 is 15.1 Å².